The molecule has 0 radical (unpaired) electrons. The number of primary amides is 2. The van der Waals surface area contributed by atoms with E-state index < -0.39 is 132 Å². The Morgan fingerprint density at radius 2 is 1.24 bits per heavy atom. The van der Waals surface area contributed by atoms with Crippen molar-refractivity contribution in [3.05, 3.63) is 0 Å². The minimum absolute atomic E-state index is 0.122. The summed E-state index contributed by atoms with van der Waals surface area (Å²) in [5, 5.41) is 31.8. The van der Waals surface area contributed by atoms with E-state index in [0.29, 0.717) is 19.3 Å². The first-order chi connectivity index (χ1) is 27.7. The Labute approximate surface area is 341 Å². The van der Waals surface area contributed by atoms with Crippen LogP contribution in [0.15, 0.2) is 0 Å². The number of carbonyl (C=O) groups excluding carboxylic acids is 10. The smallest absolute Gasteiger partial charge is 0.265 e. The van der Waals surface area contributed by atoms with Gasteiger partial charge in [-0.15, -0.1) is 0 Å². The first-order valence-electron chi connectivity index (χ1n) is 19.7. The first kappa shape index (κ1) is 49.7. The molecule has 0 aromatic carbocycles. The molecule has 0 aromatic heterocycles. The number of aliphatic hydroxyl groups is 1. The lowest BCUT2D eigenvalue weighted by atomic mass is 9.96. The van der Waals surface area contributed by atoms with Crippen LogP contribution in [0, 0.1) is 11.8 Å². The van der Waals surface area contributed by atoms with Crippen LogP contribution in [0.5, 0.6) is 0 Å². The minimum Gasteiger partial charge on any atom is -0.394 e. The summed E-state index contributed by atoms with van der Waals surface area (Å²) in [6.45, 7) is 7.48. The van der Waals surface area contributed by atoms with E-state index in [9.17, 15) is 53.1 Å². The number of nitrogens with two attached hydrogens (primary N) is 3. The van der Waals surface area contributed by atoms with Crippen LogP contribution in [0.25, 0.3) is 0 Å². The molecule has 0 aliphatic carbocycles. The van der Waals surface area contributed by atoms with Crippen LogP contribution in [0.1, 0.15) is 86.0 Å². The van der Waals surface area contributed by atoms with E-state index in [2.05, 4.69) is 26.6 Å². The second-order valence-corrected chi connectivity index (χ2v) is 15.3. The van der Waals surface area contributed by atoms with E-state index in [0.717, 1.165) is 0 Å². The maximum Gasteiger partial charge on any atom is 0.265 e. The largest absolute Gasteiger partial charge is 0.394 e. The van der Waals surface area contributed by atoms with Crippen LogP contribution >= 0.6 is 0 Å². The van der Waals surface area contributed by atoms with Gasteiger partial charge in [-0.3, -0.25) is 53.2 Å². The summed E-state index contributed by atoms with van der Waals surface area (Å²) < 4.78 is 0. The van der Waals surface area contributed by atoms with Crippen molar-refractivity contribution in [2.24, 2.45) is 29.0 Å². The van der Waals surface area contributed by atoms with Gasteiger partial charge in [-0.05, 0) is 50.9 Å². The molecule has 2 fully saturated rings. The Morgan fingerprint density at radius 1 is 0.678 bits per heavy atom. The van der Waals surface area contributed by atoms with Crippen LogP contribution in [0.2, 0.25) is 0 Å². The van der Waals surface area contributed by atoms with E-state index in [4.69, 9.17) is 22.4 Å². The van der Waals surface area contributed by atoms with Crippen molar-refractivity contribution < 1.29 is 58.3 Å². The van der Waals surface area contributed by atoms with Crippen LogP contribution in [0.4, 0.5) is 0 Å². The van der Waals surface area contributed by atoms with Gasteiger partial charge >= 0.3 is 0 Å². The molecule has 59 heavy (non-hydrogen) atoms. The van der Waals surface area contributed by atoms with E-state index >= 15 is 0 Å². The molecule has 0 spiro atoms. The van der Waals surface area contributed by atoms with Gasteiger partial charge in [-0.2, -0.15) is 0 Å². The molecular formula is C36H61N11O12. The number of amides is 10. The maximum absolute atomic E-state index is 14.0. The summed E-state index contributed by atoms with van der Waals surface area (Å²) in [7, 11) is 0. The number of aliphatic hydroxyl groups excluding tert-OH is 1. The minimum atomic E-state index is -1.59. The number of hydrogen-bond donors (Lipinski definition) is 11. The van der Waals surface area contributed by atoms with Crippen molar-refractivity contribution in [2.75, 3.05) is 19.7 Å². The molecule has 23 nitrogen and oxygen atoms in total. The summed E-state index contributed by atoms with van der Waals surface area (Å²) >= 11 is 0. The summed E-state index contributed by atoms with van der Waals surface area (Å²) in [5.41, 5.74) is 17.3. The topological polar surface area (TPSA) is 368 Å². The zero-order valence-corrected chi connectivity index (χ0v) is 34.2. The predicted octanol–water partition coefficient (Wildman–Crippen LogP) is -4.92. The SMILES string of the molecule is CC[C@H](C)[C@H](NC(=O)[C@H](CO)NC(=O)[C@@H](NC(=O)[C@@H]1CCCN1C(=O)[C@H](C)NC(=O)[C@@H](N)CC(N)=O)C(C)C)C(=O)N1CCC[C@H]1C(=O)N[C@@H](CCC(N)=O)C(=O)NO. The van der Waals surface area contributed by atoms with Crippen LogP contribution in [0.3, 0.4) is 0 Å². The number of carbonyl (C=O) groups is 10. The van der Waals surface area contributed by atoms with E-state index in [-0.39, 0.29) is 38.8 Å². The zero-order valence-electron chi connectivity index (χ0n) is 34.2. The van der Waals surface area contributed by atoms with Gasteiger partial charge in [-0.25, -0.2) is 5.48 Å². The Balaban J connectivity index is 2.16. The zero-order chi connectivity index (χ0) is 44.7. The molecule has 2 saturated heterocycles. The van der Waals surface area contributed by atoms with Crippen LogP contribution in [-0.2, 0) is 47.9 Å². The molecule has 23 heteroatoms. The second kappa shape index (κ2) is 23.2. The summed E-state index contributed by atoms with van der Waals surface area (Å²) in [5.74, 6) is -8.82. The lowest BCUT2D eigenvalue weighted by molar-refractivity contribution is -0.144. The maximum atomic E-state index is 14.0. The number of hydroxylamine groups is 1. The number of rotatable bonds is 22. The first-order valence-corrected chi connectivity index (χ1v) is 19.7. The molecule has 2 rings (SSSR count). The third-order valence-electron chi connectivity index (χ3n) is 10.4. The number of nitrogens with one attached hydrogen (secondary N) is 6. The summed E-state index contributed by atoms with van der Waals surface area (Å²) in [4.78, 5) is 131. The Kier molecular flexibility index (Phi) is 19.6. The van der Waals surface area contributed by atoms with Crippen molar-refractivity contribution >= 4 is 59.1 Å². The highest BCUT2D eigenvalue weighted by molar-refractivity contribution is 5.98. The molecule has 9 atom stereocenters. The highest BCUT2D eigenvalue weighted by Crippen LogP contribution is 2.23. The molecule has 332 valence electrons. The molecule has 2 aliphatic rings. The Morgan fingerprint density at radius 3 is 1.73 bits per heavy atom. The van der Waals surface area contributed by atoms with Gasteiger partial charge in [-0.1, -0.05) is 34.1 Å². The van der Waals surface area contributed by atoms with Crippen molar-refractivity contribution in [2.45, 2.75) is 134 Å². The monoisotopic (exact) mass is 839 g/mol. The van der Waals surface area contributed by atoms with Crippen molar-refractivity contribution in [1.29, 1.82) is 0 Å². The fraction of sp³-hybridized carbons (Fsp3) is 0.722. The van der Waals surface area contributed by atoms with Crippen molar-refractivity contribution in [3.63, 3.8) is 0 Å². The average Bonchev–Trinajstić information content (AvgIpc) is 3.89. The van der Waals surface area contributed by atoms with E-state index in [1.54, 1.807) is 27.7 Å². The molecule has 0 saturated carbocycles. The lowest BCUT2D eigenvalue weighted by Crippen LogP contribution is -2.62. The molecule has 2 heterocycles. The van der Waals surface area contributed by atoms with E-state index in [1.165, 1.54) is 22.2 Å². The third-order valence-corrected chi connectivity index (χ3v) is 10.4. The molecule has 0 aromatic rings. The standard InChI is InChI=1S/C36H61N11O12/c1-6-18(4)28(36(58)47-14-8-9-23(47)32(54)41-21(31(53)45-59)11-12-25(38)49)44-30(52)22(16-48)42-34(56)27(17(2)3)43-33(55)24-10-7-13-46(24)35(57)19(5)40-29(51)20(37)15-26(39)50/h17-24,27-28,48,59H,6-16,37H2,1-5H3,(H2,38,49)(H2,39,50)(H,40,51)(H,41,54)(H,42,56)(H,43,55)(H,44,52)(H,45,53)/t18-,19-,20-,21-,22-,23-,24-,27-,28-/m0/s1. The highest BCUT2D eigenvalue weighted by Gasteiger charge is 2.42. The fourth-order valence-electron chi connectivity index (χ4n) is 6.80. The molecule has 0 bridgehead atoms. The second-order valence-electron chi connectivity index (χ2n) is 15.3. The van der Waals surface area contributed by atoms with Crippen molar-refractivity contribution in [1.82, 2.24) is 41.9 Å². The number of likely N-dealkylation sites (tertiary alicyclic amines) is 2. The molecule has 2 aliphatic heterocycles. The highest BCUT2D eigenvalue weighted by atomic mass is 16.5. The average molecular weight is 840 g/mol. The Bertz CT molecular complexity index is 1580. The number of hydrogen-bond acceptors (Lipinski definition) is 13. The Hall–Kier alpha value is -5.42. The quantitative estimate of drug-likeness (QED) is 0.0360. The summed E-state index contributed by atoms with van der Waals surface area (Å²) in [6, 6.07) is -9.88. The third kappa shape index (κ3) is 14.1. The molecule has 0 unspecified atom stereocenters. The van der Waals surface area contributed by atoms with Crippen molar-refractivity contribution in [3.8, 4) is 0 Å². The van der Waals surface area contributed by atoms with Crippen LogP contribution in [-0.4, -0.2) is 147 Å². The van der Waals surface area contributed by atoms with Gasteiger partial charge in [0.25, 0.3) is 5.91 Å². The normalized spacial score (nSPS) is 19.9. The van der Waals surface area contributed by atoms with Gasteiger partial charge in [0, 0.05) is 19.5 Å². The van der Waals surface area contributed by atoms with Gasteiger partial charge in [0.15, 0.2) is 0 Å². The van der Waals surface area contributed by atoms with Gasteiger partial charge in [0.05, 0.1) is 19.1 Å². The predicted molar refractivity (Wildman–Crippen MR) is 206 cm³/mol. The van der Waals surface area contributed by atoms with Gasteiger partial charge in [0.2, 0.25) is 53.2 Å². The van der Waals surface area contributed by atoms with Gasteiger partial charge in [0.1, 0.15) is 42.3 Å². The summed E-state index contributed by atoms with van der Waals surface area (Å²) in [6.07, 6.45) is 0.742. The van der Waals surface area contributed by atoms with Crippen LogP contribution < -0.4 is 49.3 Å². The number of nitrogens with zero attached hydrogens (tertiary/aromatic N) is 2. The fourth-order valence-corrected chi connectivity index (χ4v) is 6.80. The van der Waals surface area contributed by atoms with Gasteiger partial charge < -0.3 is 58.7 Å². The molecule has 14 N–H and O–H groups in total. The molecule has 10 amide bonds. The molecular weight excluding hydrogens is 778 g/mol. The van der Waals surface area contributed by atoms with E-state index in [1.807, 2.05) is 0 Å². The lowest BCUT2D eigenvalue weighted by Gasteiger charge is -2.33.